The quantitative estimate of drug-likeness (QED) is 0.712. The molecule has 1 heterocycles. The van der Waals surface area contributed by atoms with Crippen LogP contribution in [0.4, 0.5) is 0 Å². The van der Waals surface area contributed by atoms with Crippen LogP contribution in [0.15, 0.2) is 23.3 Å². The zero-order valence-corrected chi connectivity index (χ0v) is 15.7. The van der Waals surface area contributed by atoms with Gasteiger partial charge in [-0.3, -0.25) is 0 Å². The largest absolute Gasteiger partial charge is 0.496 e. The van der Waals surface area contributed by atoms with Gasteiger partial charge in [-0.05, 0) is 48.8 Å². The summed E-state index contributed by atoms with van der Waals surface area (Å²) in [6.45, 7) is 11.4. The molecule has 1 aliphatic carbocycles. The van der Waals surface area contributed by atoms with Crippen LogP contribution < -0.4 is 14.2 Å². The molecule has 1 aromatic carbocycles. The molecule has 0 fully saturated rings. The number of fused-ring (bicyclic) bond motifs is 1. The Kier molecular flexibility index (Phi) is 4.37. The van der Waals surface area contributed by atoms with E-state index in [1.165, 1.54) is 17.6 Å². The van der Waals surface area contributed by atoms with Crippen LogP contribution in [0.2, 0.25) is 0 Å². The number of methoxy groups -OCH3 is 1. The molecule has 2 aliphatic rings. The van der Waals surface area contributed by atoms with Gasteiger partial charge in [0.2, 0.25) is 6.79 Å². The summed E-state index contributed by atoms with van der Waals surface area (Å²) in [4.78, 5) is 0. The maximum atomic E-state index is 5.81. The average molecular weight is 328 g/mol. The molecular formula is C21H28O3. The summed E-state index contributed by atoms with van der Waals surface area (Å²) in [6.07, 6.45) is 6.92. The van der Waals surface area contributed by atoms with Gasteiger partial charge in [0.05, 0.1) is 7.11 Å². The van der Waals surface area contributed by atoms with Crippen molar-refractivity contribution in [2.24, 2.45) is 5.41 Å². The van der Waals surface area contributed by atoms with E-state index in [1.807, 2.05) is 0 Å². The van der Waals surface area contributed by atoms with E-state index in [-0.39, 0.29) is 12.2 Å². The molecule has 3 nitrogen and oxygen atoms in total. The van der Waals surface area contributed by atoms with Crippen molar-refractivity contribution in [1.82, 2.24) is 0 Å². The van der Waals surface area contributed by atoms with Crippen molar-refractivity contribution < 1.29 is 14.2 Å². The van der Waals surface area contributed by atoms with E-state index in [0.29, 0.717) is 5.92 Å². The van der Waals surface area contributed by atoms with Crippen LogP contribution in [0.5, 0.6) is 17.2 Å². The second-order valence-electron chi connectivity index (χ2n) is 7.67. The number of rotatable bonds is 3. The van der Waals surface area contributed by atoms with Gasteiger partial charge >= 0.3 is 0 Å². The topological polar surface area (TPSA) is 27.7 Å². The summed E-state index contributed by atoms with van der Waals surface area (Å²) < 4.78 is 17.2. The van der Waals surface area contributed by atoms with E-state index in [1.54, 1.807) is 7.11 Å². The molecule has 0 atom stereocenters. The van der Waals surface area contributed by atoms with Gasteiger partial charge in [-0.1, -0.05) is 39.3 Å². The highest BCUT2D eigenvalue weighted by atomic mass is 16.7. The van der Waals surface area contributed by atoms with Crippen LogP contribution in [-0.2, 0) is 0 Å². The molecular weight excluding hydrogens is 300 g/mol. The van der Waals surface area contributed by atoms with Crippen molar-refractivity contribution in [2.75, 3.05) is 13.9 Å². The monoisotopic (exact) mass is 328 g/mol. The molecule has 0 radical (unpaired) electrons. The van der Waals surface area contributed by atoms with Crippen molar-refractivity contribution in [3.63, 3.8) is 0 Å². The second-order valence-corrected chi connectivity index (χ2v) is 7.67. The fourth-order valence-corrected chi connectivity index (χ4v) is 3.82. The van der Waals surface area contributed by atoms with Crippen LogP contribution in [0.25, 0.3) is 6.08 Å². The molecule has 0 amide bonds. The van der Waals surface area contributed by atoms with E-state index in [2.05, 4.69) is 52.8 Å². The van der Waals surface area contributed by atoms with Crippen LogP contribution in [0.3, 0.4) is 0 Å². The Bertz CT molecular complexity index is 708. The first-order valence-electron chi connectivity index (χ1n) is 8.75. The lowest BCUT2D eigenvalue weighted by molar-refractivity contribution is 0.173. The molecule has 3 rings (SSSR count). The van der Waals surface area contributed by atoms with Gasteiger partial charge in [-0.15, -0.1) is 0 Å². The van der Waals surface area contributed by atoms with E-state index in [0.717, 1.165) is 34.8 Å². The summed E-state index contributed by atoms with van der Waals surface area (Å²) in [5, 5.41) is 0. The molecule has 0 unspecified atom stereocenters. The van der Waals surface area contributed by atoms with Crippen molar-refractivity contribution in [2.45, 2.75) is 53.4 Å². The lowest BCUT2D eigenvalue weighted by Crippen LogP contribution is -2.18. The van der Waals surface area contributed by atoms with Gasteiger partial charge in [0, 0.05) is 11.1 Å². The maximum absolute atomic E-state index is 5.81. The fourth-order valence-electron chi connectivity index (χ4n) is 3.82. The van der Waals surface area contributed by atoms with E-state index in [9.17, 15) is 0 Å². The first-order chi connectivity index (χ1) is 11.3. The predicted molar refractivity (Wildman–Crippen MR) is 98.0 cm³/mol. The molecule has 24 heavy (non-hydrogen) atoms. The first-order valence-corrected chi connectivity index (χ1v) is 8.75. The Morgan fingerprint density at radius 1 is 1.25 bits per heavy atom. The van der Waals surface area contributed by atoms with Crippen LogP contribution in [0, 0.1) is 5.41 Å². The van der Waals surface area contributed by atoms with Gasteiger partial charge in [-0.25, -0.2) is 0 Å². The molecule has 1 aromatic rings. The Hall–Kier alpha value is -1.90. The minimum absolute atomic E-state index is 0.165. The Morgan fingerprint density at radius 2 is 2.00 bits per heavy atom. The predicted octanol–water partition coefficient (Wildman–Crippen LogP) is 5.70. The normalized spacial score (nSPS) is 20.5. The van der Waals surface area contributed by atoms with Gasteiger partial charge in [0.1, 0.15) is 5.75 Å². The lowest BCUT2D eigenvalue weighted by atomic mass is 9.72. The third-order valence-electron chi connectivity index (χ3n) is 5.13. The van der Waals surface area contributed by atoms with E-state index in [4.69, 9.17) is 14.2 Å². The third-order valence-corrected chi connectivity index (χ3v) is 5.13. The minimum atomic E-state index is 0.165. The second kappa shape index (κ2) is 6.19. The highest BCUT2D eigenvalue weighted by Gasteiger charge is 2.30. The summed E-state index contributed by atoms with van der Waals surface area (Å²) in [5.41, 5.74) is 5.06. The number of hydrogen-bond donors (Lipinski definition) is 0. The number of allylic oxidation sites excluding steroid dienone is 3. The standard InChI is InChI=1S/C21H28O3/c1-13(2)18-19(22-6)15(11-17-20(18)24-12-23-17)10-16-14(3)8-7-9-21(16,4)5/h8,10-11,13H,7,9,12H2,1-6H3/b16-10+. The first kappa shape index (κ1) is 16.9. The van der Waals surface area contributed by atoms with Gasteiger partial charge < -0.3 is 14.2 Å². The zero-order chi connectivity index (χ0) is 17.5. The summed E-state index contributed by atoms with van der Waals surface area (Å²) >= 11 is 0. The average Bonchev–Trinajstić information content (AvgIpc) is 2.96. The van der Waals surface area contributed by atoms with Crippen molar-refractivity contribution in [3.05, 3.63) is 34.4 Å². The maximum Gasteiger partial charge on any atom is 0.231 e. The minimum Gasteiger partial charge on any atom is -0.496 e. The summed E-state index contributed by atoms with van der Waals surface area (Å²) in [6, 6.07) is 2.05. The van der Waals surface area contributed by atoms with E-state index < -0.39 is 0 Å². The SMILES string of the molecule is COc1c(/C=C2\C(C)=CCCC2(C)C)cc2c(c1C(C)C)OCO2. The van der Waals surface area contributed by atoms with Crippen LogP contribution >= 0.6 is 0 Å². The highest BCUT2D eigenvalue weighted by Crippen LogP contribution is 2.49. The lowest BCUT2D eigenvalue weighted by Gasteiger charge is -2.33. The molecule has 0 spiro atoms. The Balaban J connectivity index is 2.21. The van der Waals surface area contributed by atoms with Crippen LogP contribution in [0.1, 0.15) is 64.5 Å². The highest BCUT2D eigenvalue weighted by molar-refractivity contribution is 5.72. The smallest absolute Gasteiger partial charge is 0.231 e. The molecule has 0 saturated heterocycles. The van der Waals surface area contributed by atoms with E-state index >= 15 is 0 Å². The fraction of sp³-hybridized carbons (Fsp3) is 0.524. The zero-order valence-electron chi connectivity index (χ0n) is 15.7. The molecule has 0 N–H and O–H groups in total. The van der Waals surface area contributed by atoms with Gasteiger partial charge in [0.25, 0.3) is 0 Å². The molecule has 0 saturated carbocycles. The molecule has 3 heteroatoms. The Morgan fingerprint density at radius 3 is 2.62 bits per heavy atom. The molecule has 0 bridgehead atoms. The molecule has 130 valence electrons. The number of benzene rings is 1. The third kappa shape index (κ3) is 2.81. The number of hydrogen-bond acceptors (Lipinski definition) is 3. The van der Waals surface area contributed by atoms with Crippen molar-refractivity contribution in [1.29, 1.82) is 0 Å². The number of ether oxygens (including phenoxy) is 3. The van der Waals surface area contributed by atoms with Gasteiger partial charge in [0.15, 0.2) is 11.5 Å². The Labute approximate surface area is 145 Å². The summed E-state index contributed by atoms with van der Waals surface area (Å²) in [7, 11) is 1.74. The van der Waals surface area contributed by atoms with Crippen molar-refractivity contribution in [3.8, 4) is 17.2 Å². The summed E-state index contributed by atoms with van der Waals surface area (Å²) in [5.74, 6) is 2.85. The van der Waals surface area contributed by atoms with Gasteiger partial charge in [-0.2, -0.15) is 0 Å². The molecule has 0 aromatic heterocycles. The molecule has 1 aliphatic heterocycles. The van der Waals surface area contributed by atoms with Crippen molar-refractivity contribution >= 4 is 6.08 Å². The van der Waals surface area contributed by atoms with Crippen LogP contribution in [-0.4, -0.2) is 13.9 Å².